The van der Waals surface area contributed by atoms with Crippen molar-refractivity contribution in [2.45, 2.75) is 44.3 Å². The molecule has 0 spiro atoms. The van der Waals surface area contributed by atoms with E-state index in [-0.39, 0.29) is 11.2 Å². The molecule has 6 heteroatoms. The van der Waals surface area contributed by atoms with E-state index in [2.05, 4.69) is 24.0 Å². The Morgan fingerprint density at radius 1 is 1.71 bits per heavy atom. The fourth-order valence-electron chi connectivity index (χ4n) is 2.50. The van der Waals surface area contributed by atoms with Crippen molar-refractivity contribution in [2.75, 3.05) is 5.75 Å². The molecule has 1 saturated carbocycles. The minimum absolute atomic E-state index is 0.0336. The maximum absolute atomic E-state index is 10.6. The highest BCUT2D eigenvalue weighted by molar-refractivity contribution is 7.99. The standard InChI is InChI=1S/C11H17N3O2S/c1-11(2)5-3-4-8(11)14-7-12-13-10(14)17-6-9(15)16/h7-8H,3-6H2,1-2H3,(H,15,16). The molecule has 0 aliphatic heterocycles. The van der Waals surface area contributed by atoms with Crippen LogP contribution in [0.1, 0.15) is 39.2 Å². The van der Waals surface area contributed by atoms with E-state index in [4.69, 9.17) is 5.11 Å². The minimum atomic E-state index is -0.824. The molecule has 1 aromatic rings. The second-order valence-electron chi connectivity index (χ2n) is 5.10. The first kappa shape index (κ1) is 12.4. The number of aromatic nitrogens is 3. The molecule has 1 aromatic heterocycles. The molecule has 0 saturated heterocycles. The van der Waals surface area contributed by atoms with E-state index >= 15 is 0 Å². The van der Waals surface area contributed by atoms with Crippen LogP contribution in [0.4, 0.5) is 0 Å². The highest BCUT2D eigenvalue weighted by Gasteiger charge is 2.36. The van der Waals surface area contributed by atoms with E-state index < -0.39 is 5.97 Å². The van der Waals surface area contributed by atoms with Crippen molar-refractivity contribution in [1.82, 2.24) is 14.8 Å². The maximum Gasteiger partial charge on any atom is 0.313 e. The Kier molecular flexibility index (Phi) is 3.42. The van der Waals surface area contributed by atoms with Gasteiger partial charge in [-0.3, -0.25) is 4.79 Å². The van der Waals surface area contributed by atoms with E-state index in [1.807, 2.05) is 4.57 Å². The van der Waals surface area contributed by atoms with Gasteiger partial charge in [-0.05, 0) is 18.3 Å². The molecule has 1 aliphatic carbocycles. The summed E-state index contributed by atoms with van der Waals surface area (Å²) >= 11 is 1.24. The first-order valence-corrected chi connectivity index (χ1v) is 6.73. The third-order valence-electron chi connectivity index (χ3n) is 3.40. The third-order valence-corrected chi connectivity index (χ3v) is 4.34. The van der Waals surface area contributed by atoms with Crippen LogP contribution in [-0.4, -0.2) is 31.6 Å². The molecule has 1 unspecified atom stereocenters. The summed E-state index contributed by atoms with van der Waals surface area (Å²) in [7, 11) is 0. The van der Waals surface area contributed by atoms with E-state index in [0.29, 0.717) is 11.2 Å². The summed E-state index contributed by atoms with van der Waals surface area (Å²) in [5.41, 5.74) is 0.237. The van der Waals surface area contributed by atoms with Gasteiger partial charge in [0.2, 0.25) is 0 Å². The molecule has 5 nitrogen and oxygen atoms in total. The van der Waals surface area contributed by atoms with Crippen LogP contribution < -0.4 is 0 Å². The average Bonchev–Trinajstić information content (AvgIpc) is 2.80. The first-order valence-electron chi connectivity index (χ1n) is 5.75. The first-order chi connectivity index (χ1) is 8.00. The van der Waals surface area contributed by atoms with Gasteiger partial charge in [0.25, 0.3) is 0 Å². The Labute approximate surface area is 105 Å². The lowest BCUT2D eigenvalue weighted by Crippen LogP contribution is -2.21. The molecule has 0 bridgehead atoms. The van der Waals surface area contributed by atoms with Crippen LogP contribution in [0.3, 0.4) is 0 Å². The van der Waals surface area contributed by atoms with Crippen LogP contribution in [0, 0.1) is 5.41 Å². The number of nitrogens with zero attached hydrogens (tertiary/aromatic N) is 3. The van der Waals surface area contributed by atoms with Crippen molar-refractivity contribution in [2.24, 2.45) is 5.41 Å². The van der Waals surface area contributed by atoms with Gasteiger partial charge in [-0.15, -0.1) is 10.2 Å². The second-order valence-corrected chi connectivity index (χ2v) is 6.04. The van der Waals surface area contributed by atoms with Crippen LogP contribution in [0.15, 0.2) is 11.5 Å². The number of hydrogen-bond acceptors (Lipinski definition) is 4. The molecule has 1 aliphatic rings. The van der Waals surface area contributed by atoms with Crippen molar-refractivity contribution < 1.29 is 9.90 Å². The van der Waals surface area contributed by atoms with Crippen LogP contribution in [0.2, 0.25) is 0 Å². The summed E-state index contributed by atoms with van der Waals surface area (Å²) in [5, 5.41) is 17.3. The van der Waals surface area contributed by atoms with Gasteiger partial charge in [0, 0.05) is 6.04 Å². The molecule has 94 valence electrons. The van der Waals surface area contributed by atoms with Crippen molar-refractivity contribution >= 4 is 17.7 Å². The highest BCUT2D eigenvalue weighted by Crippen LogP contribution is 2.46. The Morgan fingerprint density at radius 2 is 2.47 bits per heavy atom. The van der Waals surface area contributed by atoms with Gasteiger partial charge in [-0.25, -0.2) is 0 Å². The van der Waals surface area contributed by atoms with Crippen LogP contribution >= 0.6 is 11.8 Å². The van der Waals surface area contributed by atoms with E-state index in [0.717, 1.165) is 6.42 Å². The van der Waals surface area contributed by atoms with E-state index in [1.165, 1.54) is 24.6 Å². The Morgan fingerprint density at radius 3 is 3.06 bits per heavy atom. The Balaban J connectivity index is 2.16. The zero-order valence-corrected chi connectivity index (χ0v) is 10.9. The summed E-state index contributed by atoms with van der Waals surface area (Å²) < 4.78 is 2.04. The minimum Gasteiger partial charge on any atom is -0.481 e. The van der Waals surface area contributed by atoms with Crippen molar-refractivity contribution in [1.29, 1.82) is 0 Å². The summed E-state index contributed by atoms with van der Waals surface area (Å²) in [6, 6.07) is 0.383. The molecule has 2 rings (SSSR count). The number of hydrogen-bond donors (Lipinski definition) is 1. The molecule has 0 amide bonds. The van der Waals surface area contributed by atoms with Gasteiger partial charge < -0.3 is 9.67 Å². The zero-order valence-electron chi connectivity index (χ0n) is 10.1. The molecule has 1 heterocycles. The van der Waals surface area contributed by atoms with Gasteiger partial charge in [0.15, 0.2) is 5.16 Å². The number of carboxylic acids is 1. The fourth-order valence-corrected chi connectivity index (χ4v) is 3.18. The number of thioether (sulfide) groups is 1. The summed E-state index contributed by atoms with van der Waals surface area (Å²) in [6.07, 6.45) is 5.24. The quantitative estimate of drug-likeness (QED) is 0.835. The maximum atomic E-state index is 10.6. The van der Waals surface area contributed by atoms with Gasteiger partial charge in [-0.2, -0.15) is 0 Å². The molecular formula is C11H17N3O2S. The highest BCUT2D eigenvalue weighted by atomic mass is 32.2. The van der Waals surface area contributed by atoms with Crippen LogP contribution in [0.5, 0.6) is 0 Å². The molecule has 1 fully saturated rings. The molecular weight excluding hydrogens is 238 g/mol. The number of rotatable bonds is 4. The van der Waals surface area contributed by atoms with Crippen molar-refractivity contribution in [3.63, 3.8) is 0 Å². The predicted molar refractivity (Wildman–Crippen MR) is 65.1 cm³/mol. The molecule has 1 N–H and O–H groups in total. The number of aliphatic carboxylic acids is 1. The largest absolute Gasteiger partial charge is 0.481 e. The van der Waals surface area contributed by atoms with Crippen molar-refractivity contribution in [3.8, 4) is 0 Å². The molecule has 17 heavy (non-hydrogen) atoms. The monoisotopic (exact) mass is 255 g/mol. The van der Waals surface area contributed by atoms with E-state index in [1.54, 1.807) is 6.33 Å². The van der Waals surface area contributed by atoms with Gasteiger partial charge in [0.05, 0.1) is 5.75 Å². The topological polar surface area (TPSA) is 68.0 Å². The molecule has 1 atom stereocenters. The number of carboxylic acid groups (broad SMARTS) is 1. The van der Waals surface area contributed by atoms with Gasteiger partial charge in [0.1, 0.15) is 6.33 Å². The summed E-state index contributed by atoms with van der Waals surface area (Å²) in [6.45, 7) is 4.49. The fraction of sp³-hybridized carbons (Fsp3) is 0.727. The summed E-state index contributed by atoms with van der Waals surface area (Å²) in [4.78, 5) is 10.6. The van der Waals surface area contributed by atoms with Gasteiger partial charge >= 0.3 is 5.97 Å². The molecule has 0 radical (unpaired) electrons. The zero-order chi connectivity index (χ0) is 12.5. The lowest BCUT2D eigenvalue weighted by Gasteiger charge is -2.28. The third kappa shape index (κ3) is 2.62. The SMILES string of the molecule is CC1(C)CCCC1n1cnnc1SCC(=O)O. The van der Waals surface area contributed by atoms with Gasteiger partial charge in [-0.1, -0.05) is 32.0 Å². The molecule has 0 aromatic carbocycles. The smallest absolute Gasteiger partial charge is 0.313 e. The average molecular weight is 255 g/mol. The Hall–Kier alpha value is -1.04. The second kappa shape index (κ2) is 4.68. The van der Waals surface area contributed by atoms with Crippen molar-refractivity contribution in [3.05, 3.63) is 6.33 Å². The predicted octanol–water partition coefficient (Wildman–Crippen LogP) is 2.21. The Bertz CT molecular complexity index is 417. The van der Waals surface area contributed by atoms with Crippen LogP contribution in [0.25, 0.3) is 0 Å². The van der Waals surface area contributed by atoms with E-state index in [9.17, 15) is 4.79 Å². The number of carbonyl (C=O) groups is 1. The normalized spacial score (nSPS) is 22.8. The summed E-state index contributed by atoms with van der Waals surface area (Å²) in [5.74, 6) is -0.790. The lowest BCUT2D eigenvalue weighted by molar-refractivity contribution is -0.133. The lowest BCUT2D eigenvalue weighted by atomic mass is 9.87. The van der Waals surface area contributed by atoms with Crippen LogP contribution in [-0.2, 0) is 4.79 Å².